The number of benzene rings is 2. The number of piperidine rings is 1. The highest BCUT2D eigenvalue weighted by molar-refractivity contribution is 5.39. The van der Waals surface area contributed by atoms with Crippen LogP contribution in [0.4, 0.5) is 0 Å². The summed E-state index contributed by atoms with van der Waals surface area (Å²) in [6.07, 6.45) is 1.51. The highest BCUT2D eigenvalue weighted by Crippen LogP contribution is 2.32. The molecule has 0 aliphatic carbocycles. The molecule has 2 aromatic rings. The molecule has 1 saturated heterocycles. The van der Waals surface area contributed by atoms with Crippen molar-refractivity contribution in [3.05, 3.63) is 60.2 Å². The van der Waals surface area contributed by atoms with E-state index in [2.05, 4.69) is 4.90 Å². The van der Waals surface area contributed by atoms with E-state index in [0.717, 1.165) is 49.5 Å². The average molecular weight is 327 g/mol. The minimum Gasteiger partial charge on any atom is -0.493 e. The van der Waals surface area contributed by atoms with Gasteiger partial charge < -0.3 is 14.6 Å². The zero-order valence-electron chi connectivity index (χ0n) is 14.1. The topological polar surface area (TPSA) is 41.9 Å². The number of likely N-dealkylation sites (tertiary alicyclic amines) is 1. The van der Waals surface area contributed by atoms with Crippen molar-refractivity contribution in [1.29, 1.82) is 0 Å². The predicted octanol–water partition coefficient (Wildman–Crippen LogP) is 3.06. The van der Waals surface area contributed by atoms with Crippen molar-refractivity contribution in [2.75, 3.05) is 33.4 Å². The molecule has 0 unspecified atom stereocenters. The van der Waals surface area contributed by atoms with E-state index in [9.17, 15) is 5.11 Å². The molecular formula is C20H25NO3. The summed E-state index contributed by atoms with van der Waals surface area (Å²) in [6.45, 7) is 3.22. The van der Waals surface area contributed by atoms with Gasteiger partial charge in [0.15, 0.2) is 11.5 Å². The number of rotatable bonds is 6. The second-order valence-electron chi connectivity index (χ2n) is 6.24. The standard InChI is InChI=1S/C20H25NO3/c1-23-18-9-5-6-10-19(18)24-16-15-21-13-11-20(22,12-14-21)17-7-3-2-4-8-17/h2-10,22H,11-16H2,1H3. The molecular weight excluding hydrogens is 302 g/mol. The fourth-order valence-electron chi connectivity index (χ4n) is 3.21. The maximum Gasteiger partial charge on any atom is 0.161 e. The van der Waals surface area contributed by atoms with Crippen LogP contribution in [0, 0.1) is 0 Å². The summed E-state index contributed by atoms with van der Waals surface area (Å²) in [6, 6.07) is 17.7. The molecule has 0 bridgehead atoms. The number of para-hydroxylation sites is 2. The Morgan fingerprint density at radius 3 is 2.25 bits per heavy atom. The Labute approximate surface area is 143 Å². The number of ether oxygens (including phenoxy) is 2. The molecule has 1 aliphatic heterocycles. The Morgan fingerprint density at radius 1 is 0.958 bits per heavy atom. The fourth-order valence-corrected chi connectivity index (χ4v) is 3.21. The highest BCUT2D eigenvalue weighted by Gasteiger charge is 2.33. The molecule has 128 valence electrons. The molecule has 1 heterocycles. The largest absolute Gasteiger partial charge is 0.493 e. The summed E-state index contributed by atoms with van der Waals surface area (Å²) in [4.78, 5) is 2.34. The minimum atomic E-state index is -0.693. The second kappa shape index (κ2) is 7.69. The van der Waals surface area contributed by atoms with Crippen LogP contribution in [0.3, 0.4) is 0 Å². The van der Waals surface area contributed by atoms with Crippen LogP contribution >= 0.6 is 0 Å². The Bertz CT molecular complexity index is 636. The molecule has 0 aromatic heterocycles. The molecule has 3 rings (SSSR count). The number of methoxy groups -OCH3 is 1. The van der Waals surface area contributed by atoms with Crippen LogP contribution in [0.2, 0.25) is 0 Å². The smallest absolute Gasteiger partial charge is 0.161 e. The second-order valence-corrected chi connectivity index (χ2v) is 6.24. The van der Waals surface area contributed by atoms with E-state index >= 15 is 0 Å². The molecule has 0 atom stereocenters. The van der Waals surface area contributed by atoms with Gasteiger partial charge in [-0.1, -0.05) is 42.5 Å². The van der Waals surface area contributed by atoms with Crippen LogP contribution in [0.25, 0.3) is 0 Å². The molecule has 2 aromatic carbocycles. The summed E-state index contributed by atoms with van der Waals surface area (Å²) in [7, 11) is 1.65. The van der Waals surface area contributed by atoms with Crippen LogP contribution in [-0.2, 0) is 5.60 Å². The zero-order valence-corrected chi connectivity index (χ0v) is 14.1. The lowest BCUT2D eigenvalue weighted by atomic mass is 9.84. The number of nitrogens with zero attached hydrogens (tertiary/aromatic N) is 1. The Morgan fingerprint density at radius 2 is 1.58 bits per heavy atom. The van der Waals surface area contributed by atoms with Crippen LogP contribution < -0.4 is 9.47 Å². The Kier molecular flexibility index (Phi) is 5.38. The molecule has 0 amide bonds. The van der Waals surface area contributed by atoms with E-state index in [0.29, 0.717) is 6.61 Å². The number of aliphatic hydroxyl groups is 1. The van der Waals surface area contributed by atoms with Gasteiger partial charge in [-0.3, -0.25) is 4.90 Å². The zero-order chi connectivity index (χ0) is 16.8. The third-order valence-electron chi connectivity index (χ3n) is 4.73. The maximum atomic E-state index is 10.9. The van der Waals surface area contributed by atoms with Crippen molar-refractivity contribution in [2.45, 2.75) is 18.4 Å². The van der Waals surface area contributed by atoms with Gasteiger partial charge in [0, 0.05) is 19.6 Å². The van der Waals surface area contributed by atoms with Crippen molar-refractivity contribution in [1.82, 2.24) is 4.90 Å². The first-order chi connectivity index (χ1) is 11.7. The average Bonchev–Trinajstić information content (AvgIpc) is 2.64. The Balaban J connectivity index is 1.48. The lowest BCUT2D eigenvalue weighted by Gasteiger charge is -2.38. The molecule has 1 aliphatic rings. The minimum absolute atomic E-state index is 0.615. The SMILES string of the molecule is COc1ccccc1OCCN1CCC(O)(c2ccccc2)CC1. The van der Waals surface area contributed by atoms with Crippen LogP contribution in [0.1, 0.15) is 18.4 Å². The van der Waals surface area contributed by atoms with E-state index in [1.165, 1.54) is 0 Å². The molecule has 4 heteroatoms. The van der Waals surface area contributed by atoms with Crippen LogP contribution in [0.15, 0.2) is 54.6 Å². The summed E-state index contributed by atoms with van der Waals surface area (Å²) in [5.74, 6) is 1.53. The van der Waals surface area contributed by atoms with E-state index in [4.69, 9.17) is 9.47 Å². The molecule has 1 fully saturated rings. The van der Waals surface area contributed by atoms with E-state index < -0.39 is 5.60 Å². The predicted molar refractivity (Wildman–Crippen MR) is 94.5 cm³/mol. The fraction of sp³-hybridized carbons (Fsp3) is 0.400. The molecule has 1 N–H and O–H groups in total. The van der Waals surface area contributed by atoms with Gasteiger partial charge in [0.25, 0.3) is 0 Å². The van der Waals surface area contributed by atoms with Gasteiger partial charge >= 0.3 is 0 Å². The lowest BCUT2D eigenvalue weighted by molar-refractivity contribution is -0.0278. The summed E-state index contributed by atoms with van der Waals surface area (Å²) < 4.78 is 11.1. The molecule has 0 radical (unpaired) electrons. The van der Waals surface area contributed by atoms with Gasteiger partial charge in [0.05, 0.1) is 12.7 Å². The summed E-state index contributed by atoms with van der Waals surface area (Å²) in [5, 5.41) is 10.9. The first-order valence-corrected chi connectivity index (χ1v) is 8.47. The van der Waals surface area contributed by atoms with Gasteiger partial charge in [-0.05, 0) is 30.5 Å². The quantitative estimate of drug-likeness (QED) is 0.885. The third kappa shape index (κ3) is 3.89. The molecule has 4 nitrogen and oxygen atoms in total. The molecule has 0 spiro atoms. The van der Waals surface area contributed by atoms with Crippen molar-refractivity contribution in [3.8, 4) is 11.5 Å². The normalized spacial score (nSPS) is 17.4. The number of hydrogen-bond acceptors (Lipinski definition) is 4. The number of hydrogen-bond donors (Lipinski definition) is 1. The van der Waals surface area contributed by atoms with Gasteiger partial charge in [-0.15, -0.1) is 0 Å². The third-order valence-corrected chi connectivity index (χ3v) is 4.73. The van der Waals surface area contributed by atoms with Crippen molar-refractivity contribution in [3.63, 3.8) is 0 Å². The first kappa shape index (κ1) is 16.8. The van der Waals surface area contributed by atoms with Gasteiger partial charge in [-0.25, -0.2) is 0 Å². The van der Waals surface area contributed by atoms with Gasteiger partial charge in [-0.2, -0.15) is 0 Å². The van der Waals surface area contributed by atoms with Gasteiger partial charge in [0.1, 0.15) is 6.61 Å². The van der Waals surface area contributed by atoms with E-state index in [-0.39, 0.29) is 0 Å². The summed E-state index contributed by atoms with van der Waals surface area (Å²) in [5.41, 5.74) is 0.330. The molecule has 24 heavy (non-hydrogen) atoms. The van der Waals surface area contributed by atoms with Crippen molar-refractivity contribution < 1.29 is 14.6 Å². The highest BCUT2D eigenvalue weighted by atomic mass is 16.5. The lowest BCUT2D eigenvalue weighted by Crippen LogP contribution is -2.43. The maximum absolute atomic E-state index is 10.9. The van der Waals surface area contributed by atoms with Gasteiger partial charge in [0.2, 0.25) is 0 Å². The Hall–Kier alpha value is -2.04. The molecule has 0 saturated carbocycles. The van der Waals surface area contributed by atoms with Crippen molar-refractivity contribution in [2.24, 2.45) is 0 Å². The van der Waals surface area contributed by atoms with Crippen molar-refractivity contribution >= 4 is 0 Å². The monoisotopic (exact) mass is 327 g/mol. The van der Waals surface area contributed by atoms with Crippen LogP contribution in [-0.4, -0.2) is 43.4 Å². The van der Waals surface area contributed by atoms with E-state index in [1.807, 2.05) is 54.6 Å². The van der Waals surface area contributed by atoms with Crippen LogP contribution in [0.5, 0.6) is 11.5 Å². The first-order valence-electron chi connectivity index (χ1n) is 8.47. The van der Waals surface area contributed by atoms with E-state index in [1.54, 1.807) is 7.11 Å². The summed E-state index contributed by atoms with van der Waals surface area (Å²) >= 11 is 0.